The summed E-state index contributed by atoms with van der Waals surface area (Å²) in [5.74, 6) is 0.382. The highest BCUT2D eigenvalue weighted by Crippen LogP contribution is 2.48. The molecule has 7 nitrogen and oxygen atoms in total. The Kier molecular flexibility index (Phi) is 2.96. The van der Waals surface area contributed by atoms with Crippen LogP contribution in [0.4, 0.5) is 11.5 Å². The number of fused-ring (bicyclic) bond motifs is 3. The summed E-state index contributed by atoms with van der Waals surface area (Å²) >= 11 is 0. The van der Waals surface area contributed by atoms with Crippen molar-refractivity contribution in [1.82, 2.24) is 19.9 Å². The fraction of sp³-hybridized carbons (Fsp3) is 0.316. The lowest BCUT2D eigenvalue weighted by molar-refractivity contribution is 0.0937. The van der Waals surface area contributed by atoms with Gasteiger partial charge in [0.15, 0.2) is 5.65 Å². The number of hydrogen-bond acceptors (Lipinski definition) is 4. The van der Waals surface area contributed by atoms with Crippen LogP contribution in [-0.4, -0.2) is 34.1 Å². The molecule has 3 heterocycles. The molecular weight excluding hydrogens is 328 g/mol. The summed E-state index contributed by atoms with van der Waals surface area (Å²) in [5, 5.41) is 10.1. The van der Waals surface area contributed by atoms with Crippen molar-refractivity contribution in [2.24, 2.45) is 10.4 Å². The average molecular weight is 349 g/mol. The predicted octanol–water partition coefficient (Wildman–Crippen LogP) is 2.00. The minimum Gasteiger partial charge on any atom is -0.350 e. The number of rotatable bonds is 0. The Labute approximate surface area is 151 Å². The van der Waals surface area contributed by atoms with Crippen LogP contribution in [0.3, 0.4) is 0 Å². The molecule has 1 amide bonds. The number of carbonyl (C=O) groups excluding carboxylic acids is 1. The van der Waals surface area contributed by atoms with E-state index in [0.717, 1.165) is 24.9 Å². The number of nitrogens with zero attached hydrogens (tertiary/aromatic N) is 3. The third kappa shape index (κ3) is 2.47. The van der Waals surface area contributed by atoms with E-state index >= 15 is 0 Å². The molecule has 5 rings (SSSR count). The van der Waals surface area contributed by atoms with Crippen molar-refractivity contribution in [3.8, 4) is 0 Å². The van der Waals surface area contributed by atoms with Gasteiger partial charge in [0, 0.05) is 25.3 Å². The first-order chi connectivity index (χ1) is 13.1. The third-order valence-electron chi connectivity index (χ3n) is 5.27. The summed E-state index contributed by atoms with van der Waals surface area (Å²) < 4.78 is 9.74. The van der Waals surface area contributed by atoms with Gasteiger partial charge < -0.3 is 10.6 Å². The van der Waals surface area contributed by atoms with E-state index in [-0.39, 0.29) is 23.2 Å². The Morgan fingerprint density at radius 2 is 2.23 bits per heavy atom. The average Bonchev–Trinajstić information content (AvgIpc) is 3.32. The second-order valence-corrected chi connectivity index (χ2v) is 7.19. The number of nitrogens with one attached hydrogen (secondary N) is 3. The summed E-state index contributed by atoms with van der Waals surface area (Å²) in [6.45, 7) is 0.598. The van der Waals surface area contributed by atoms with Crippen LogP contribution in [0, 0.1) is 5.41 Å². The van der Waals surface area contributed by atoms with Gasteiger partial charge in [0.1, 0.15) is 16.9 Å². The number of hydrogen-bond donors (Lipinski definition) is 3. The topological polar surface area (TPSA) is 86.6 Å². The summed E-state index contributed by atoms with van der Waals surface area (Å²) in [4.78, 5) is 21.4. The standard InChI is InChI=1S/C19H20N6O/c1-20-14-8-16-23-13-4-2-3-12(7-13)9-19(5-6-19)11-22-18(26)15-10-21-17(14)25(15)24-16/h2-4,7-8,10,23-24H,5-6,9,11H2,1H3,(H,22,26)/i10D. The van der Waals surface area contributed by atoms with Crippen LogP contribution in [0.2, 0.25) is 0 Å². The summed E-state index contributed by atoms with van der Waals surface area (Å²) in [6, 6.07) is 10.2. The minimum absolute atomic E-state index is 0.0638. The van der Waals surface area contributed by atoms with Crippen LogP contribution in [0.25, 0.3) is 5.65 Å². The molecule has 1 aliphatic heterocycles. The molecular formula is C19H20N6O. The van der Waals surface area contributed by atoms with Crippen molar-refractivity contribution < 1.29 is 6.17 Å². The van der Waals surface area contributed by atoms with Crippen molar-refractivity contribution in [3.05, 3.63) is 53.1 Å². The van der Waals surface area contributed by atoms with Crippen LogP contribution in [-0.2, 0) is 6.42 Å². The van der Waals surface area contributed by atoms with Crippen molar-refractivity contribution >= 4 is 23.1 Å². The SMILES string of the molecule is [2H]c1nc2c(=NC)cc3[nH]n2c1C(=O)NCC1(CC1)Cc1cccc(c1)N3. The van der Waals surface area contributed by atoms with Crippen molar-refractivity contribution in [2.75, 3.05) is 18.9 Å². The maximum atomic E-state index is 12.9. The van der Waals surface area contributed by atoms with Crippen molar-refractivity contribution in [3.63, 3.8) is 0 Å². The monoisotopic (exact) mass is 349 g/mol. The quantitative estimate of drug-likeness (QED) is 0.580. The molecule has 0 saturated heterocycles. The van der Waals surface area contributed by atoms with Crippen LogP contribution in [0.15, 0.2) is 41.5 Å². The minimum atomic E-state index is -0.291. The van der Waals surface area contributed by atoms with Gasteiger partial charge in [-0.3, -0.25) is 14.9 Å². The Hall–Kier alpha value is -3.09. The van der Waals surface area contributed by atoms with Gasteiger partial charge in [0.05, 0.1) is 7.54 Å². The zero-order valence-electron chi connectivity index (χ0n) is 15.5. The van der Waals surface area contributed by atoms with Crippen LogP contribution >= 0.6 is 0 Å². The molecule has 1 spiro atoms. The molecule has 1 aliphatic carbocycles. The molecule has 1 fully saturated rings. The highest BCUT2D eigenvalue weighted by atomic mass is 16.2. The predicted molar refractivity (Wildman–Crippen MR) is 98.5 cm³/mol. The molecule has 26 heavy (non-hydrogen) atoms. The Balaban J connectivity index is 1.73. The van der Waals surface area contributed by atoms with E-state index in [1.54, 1.807) is 11.6 Å². The number of carbonyl (C=O) groups is 1. The summed E-state index contributed by atoms with van der Waals surface area (Å²) in [6.07, 6.45) is 3.05. The molecule has 3 N–H and O–H groups in total. The molecule has 0 radical (unpaired) electrons. The summed E-state index contributed by atoms with van der Waals surface area (Å²) in [5.41, 5.74) is 2.98. The maximum Gasteiger partial charge on any atom is 0.271 e. The number of aromatic nitrogens is 3. The molecule has 1 saturated carbocycles. The zero-order valence-corrected chi connectivity index (χ0v) is 14.5. The second kappa shape index (κ2) is 5.45. The van der Waals surface area contributed by atoms with Crippen molar-refractivity contribution in [2.45, 2.75) is 19.3 Å². The first kappa shape index (κ1) is 14.1. The molecule has 2 aliphatic rings. The zero-order chi connectivity index (χ0) is 18.6. The number of amides is 1. The van der Waals surface area contributed by atoms with E-state index in [2.05, 4.69) is 37.8 Å². The molecule has 4 bridgehead atoms. The smallest absolute Gasteiger partial charge is 0.271 e. The van der Waals surface area contributed by atoms with Crippen LogP contribution in [0.1, 0.15) is 30.3 Å². The lowest BCUT2D eigenvalue weighted by atomic mass is 9.96. The Morgan fingerprint density at radius 1 is 1.35 bits per heavy atom. The van der Waals surface area contributed by atoms with Gasteiger partial charge in [0.2, 0.25) is 0 Å². The van der Waals surface area contributed by atoms with E-state index in [1.165, 1.54) is 5.56 Å². The molecule has 132 valence electrons. The fourth-order valence-corrected chi connectivity index (χ4v) is 3.62. The van der Waals surface area contributed by atoms with Gasteiger partial charge in [-0.1, -0.05) is 12.1 Å². The Morgan fingerprint density at radius 3 is 3.04 bits per heavy atom. The number of anilines is 2. The number of benzene rings is 1. The van der Waals surface area contributed by atoms with Gasteiger partial charge in [-0.25, -0.2) is 9.50 Å². The number of H-pyrrole nitrogens is 1. The molecule has 2 aromatic heterocycles. The molecule has 0 unspecified atom stereocenters. The van der Waals surface area contributed by atoms with Gasteiger partial charge in [-0.2, -0.15) is 0 Å². The van der Waals surface area contributed by atoms with E-state index < -0.39 is 0 Å². The molecule has 0 atom stereocenters. The van der Waals surface area contributed by atoms with Gasteiger partial charge in [-0.05, 0) is 42.4 Å². The molecule has 7 heteroatoms. The van der Waals surface area contributed by atoms with E-state index in [4.69, 9.17) is 1.37 Å². The van der Waals surface area contributed by atoms with Crippen LogP contribution in [0.5, 0.6) is 0 Å². The fourth-order valence-electron chi connectivity index (χ4n) is 3.62. The first-order valence-corrected chi connectivity index (χ1v) is 8.76. The second-order valence-electron chi connectivity index (χ2n) is 7.19. The highest BCUT2D eigenvalue weighted by Gasteiger charge is 2.42. The number of aromatic amines is 1. The maximum absolute atomic E-state index is 12.9. The number of imidazole rings is 1. The van der Waals surface area contributed by atoms with E-state index in [1.807, 2.05) is 18.2 Å². The first-order valence-electron chi connectivity index (χ1n) is 9.26. The van der Waals surface area contributed by atoms with Gasteiger partial charge >= 0.3 is 0 Å². The molecule has 1 aromatic carbocycles. The summed E-state index contributed by atoms with van der Waals surface area (Å²) in [7, 11) is 1.67. The van der Waals surface area contributed by atoms with Gasteiger partial charge in [-0.15, -0.1) is 0 Å². The lowest BCUT2D eigenvalue weighted by Gasteiger charge is -2.16. The van der Waals surface area contributed by atoms with E-state index in [9.17, 15) is 4.79 Å². The largest absolute Gasteiger partial charge is 0.350 e. The lowest BCUT2D eigenvalue weighted by Crippen LogP contribution is -2.32. The van der Waals surface area contributed by atoms with E-state index in [0.29, 0.717) is 23.4 Å². The highest BCUT2D eigenvalue weighted by molar-refractivity contribution is 5.93. The molecule has 3 aromatic rings. The Bertz CT molecular complexity index is 1140. The third-order valence-corrected chi connectivity index (χ3v) is 5.27. The van der Waals surface area contributed by atoms with Crippen molar-refractivity contribution in [1.29, 1.82) is 0 Å². The normalized spacial score (nSPS) is 19.3. The van der Waals surface area contributed by atoms with Crippen LogP contribution < -0.4 is 16.0 Å². The van der Waals surface area contributed by atoms with Gasteiger partial charge in [0.25, 0.3) is 5.91 Å².